The number of benzene rings is 1. The van der Waals surface area contributed by atoms with Crippen LogP contribution in [0.15, 0.2) is 24.3 Å². The summed E-state index contributed by atoms with van der Waals surface area (Å²) in [4.78, 5) is 4.94. The number of rotatable bonds is 4. The van der Waals surface area contributed by atoms with Gasteiger partial charge in [0, 0.05) is 18.6 Å². The van der Waals surface area contributed by atoms with E-state index < -0.39 is 0 Å². The molecule has 3 heteroatoms. The fourth-order valence-electron chi connectivity index (χ4n) is 3.18. The van der Waals surface area contributed by atoms with Gasteiger partial charge in [-0.05, 0) is 57.6 Å². The van der Waals surface area contributed by atoms with E-state index in [2.05, 4.69) is 30.8 Å². The predicted molar refractivity (Wildman–Crippen MR) is 79.4 cm³/mol. The molecule has 3 nitrogen and oxygen atoms in total. The first-order valence-corrected chi connectivity index (χ1v) is 7.31. The van der Waals surface area contributed by atoms with Gasteiger partial charge >= 0.3 is 0 Å². The Kier molecular flexibility index (Phi) is 4.83. The molecule has 0 saturated carbocycles. The standard InChI is InChI=1S/C16H26N2O/c1-4-16(13-7-9-15(19)10-8-13)18(3)14-6-5-11-17(2)12-14/h7-10,14,16,19H,4-6,11-12H2,1-3H3. The molecule has 2 atom stereocenters. The van der Waals surface area contributed by atoms with Gasteiger partial charge in [0.15, 0.2) is 0 Å². The summed E-state index contributed by atoms with van der Waals surface area (Å²) in [6.45, 7) is 4.62. The van der Waals surface area contributed by atoms with Crippen LogP contribution in [-0.2, 0) is 0 Å². The zero-order chi connectivity index (χ0) is 13.8. The first-order chi connectivity index (χ1) is 9.11. The largest absolute Gasteiger partial charge is 0.508 e. The highest BCUT2D eigenvalue weighted by Crippen LogP contribution is 2.28. The molecule has 2 rings (SSSR count). The van der Waals surface area contributed by atoms with Crippen molar-refractivity contribution >= 4 is 0 Å². The number of likely N-dealkylation sites (N-methyl/N-ethyl adjacent to an activating group) is 2. The molecule has 0 radical (unpaired) electrons. The number of nitrogens with zero attached hydrogens (tertiary/aromatic N) is 2. The Morgan fingerprint density at radius 3 is 2.63 bits per heavy atom. The lowest BCUT2D eigenvalue weighted by molar-refractivity contribution is 0.0963. The summed E-state index contributed by atoms with van der Waals surface area (Å²) >= 11 is 0. The van der Waals surface area contributed by atoms with Gasteiger partial charge in [0.05, 0.1) is 0 Å². The van der Waals surface area contributed by atoms with E-state index in [1.807, 2.05) is 12.1 Å². The number of hydrogen-bond donors (Lipinski definition) is 1. The normalized spacial score (nSPS) is 22.6. The van der Waals surface area contributed by atoms with Crippen LogP contribution in [0.3, 0.4) is 0 Å². The van der Waals surface area contributed by atoms with E-state index in [0.717, 1.165) is 13.0 Å². The second-order valence-corrected chi connectivity index (χ2v) is 5.74. The molecule has 0 aromatic heterocycles. The number of phenolic OH excluding ortho intramolecular Hbond substituents is 1. The molecule has 1 saturated heterocycles. The van der Waals surface area contributed by atoms with Crippen molar-refractivity contribution in [2.45, 2.75) is 38.3 Å². The molecule has 1 heterocycles. The quantitative estimate of drug-likeness (QED) is 0.904. The minimum absolute atomic E-state index is 0.346. The van der Waals surface area contributed by atoms with Crippen LogP contribution in [-0.4, -0.2) is 48.1 Å². The van der Waals surface area contributed by atoms with E-state index in [0.29, 0.717) is 17.8 Å². The molecule has 1 N–H and O–H groups in total. The van der Waals surface area contributed by atoms with Gasteiger partial charge in [0.2, 0.25) is 0 Å². The second-order valence-electron chi connectivity index (χ2n) is 5.74. The zero-order valence-electron chi connectivity index (χ0n) is 12.3. The van der Waals surface area contributed by atoms with Crippen molar-refractivity contribution in [1.29, 1.82) is 0 Å². The molecule has 0 amide bonds. The fourth-order valence-corrected chi connectivity index (χ4v) is 3.18. The second kappa shape index (κ2) is 6.40. The van der Waals surface area contributed by atoms with Gasteiger partial charge in [0.25, 0.3) is 0 Å². The van der Waals surface area contributed by atoms with Crippen LogP contribution < -0.4 is 0 Å². The van der Waals surface area contributed by atoms with E-state index in [1.165, 1.54) is 24.9 Å². The van der Waals surface area contributed by atoms with Crippen molar-refractivity contribution < 1.29 is 5.11 Å². The maximum atomic E-state index is 9.41. The Morgan fingerprint density at radius 2 is 2.05 bits per heavy atom. The van der Waals surface area contributed by atoms with Crippen molar-refractivity contribution in [2.24, 2.45) is 0 Å². The maximum absolute atomic E-state index is 9.41. The van der Waals surface area contributed by atoms with Crippen LogP contribution in [0.25, 0.3) is 0 Å². The molecular weight excluding hydrogens is 236 g/mol. The molecule has 0 aliphatic carbocycles. The lowest BCUT2D eigenvalue weighted by Crippen LogP contribution is -2.46. The van der Waals surface area contributed by atoms with Crippen LogP contribution in [0.4, 0.5) is 0 Å². The first kappa shape index (κ1) is 14.4. The highest BCUT2D eigenvalue weighted by molar-refractivity contribution is 5.28. The lowest BCUT2D eigenvalue weighted by atomic mass is 9.98. The van der Waals surface area contributed by atoms with Gasteiger partial charge in [-0.2, -0.15) is 0 Å². The molecule has 1 aromatic carbocycles. The number of hydrogen-bond acceptors (Lipinski definition) is 3. The lowest BCUT2D eigenvalue weighted by Gasteiger charge is -2.40. The fraction of sp³-hybridized carbons (Fsp3) is 0.625. The predicted octanol–water partition coefficient (Wildman–Crippen LogP) is 2.87. The summed E-state index contributed by atoms with van der Waals surface area (Å²) in [7, 11) is 4.45. The van der Waals surface area contributed by atoms with Gasteiger partial charge in [-0.15, -0.1) is 0 Å². The summed E-state index contributed by atoms with van der Waals surface area (Å²) in [5, 5.41) is 9.41. The molecular formula is C16H26N2O. The van der Waals surface area contributed by atoms with Crippen molar-refractivity contribution in [1.82, 2.24) is 9.80 Å². The summed E-state index contributed by atoms with van der Waals surface area (Å²) in [5.74, 6) is 0.346. The number of likely N-dealkylation sites (tertiary alicyclic amines) is 1. The smallest absolute Gasteiger partial charge is 0.115 e. The van der Waals surface area contributed by atoms with E-state index in [9.17, 15) is 5.11 Å². The zero-order valence-corrected chi connectivity index (χ0v) is 12.3. The third-order valence-electron chi connectivity index (χ3n) is 4.33. The van der Waals surface area contributed by atoms with Gasteiger partial charge in [-0.1, -0.05) is 19.1 Å². The molecule has 2 unspecified atom stereocenters. The molecule has 1 fully saturated rings. The number of piperidine rings is 1. The summed E-state index contributed by atoms with van der Waals surface area (Å²) in [6.07, 6.45) is 3.68. The maximum Gasteiger partial charge on any atom is 0.115 e. The van der Waals surface area contributed by atoms with Crippen molar-refractivity contribution in [3.05, 3.63) is 29.8 Å². The highest BCUT2D eigenvalue weighted by Gasteiger charge is 2.26. The molecule has 106 valence electrons. The molecule has 0 spiro atoms. The van der Waals surface area contributed by atoms with Crippen LogP contribution in [0.1, 0.15) is 37.8 Å². The number of phenols is 1. The van der Waals surface area contributed by atoms with E-state index in [4.69, 9.17) is 0 Å². The third kappa shape index (κ3) is 3.48. The Bertz CT molecular complexity index is 390. The van der Waals surface area contributed by atoms with Crippen LogP contribution in [0.2, 0.25) is 0 Å². The Balaban J connectivity index is 2.09. The average Bonchev–Trinajstić information content (AvgIpc) is 2.41. The molecule has 1 aliphatic rings. The average molecular weight is 262 g/mol. The van der Waals surface area contributed by atoms with E-state index in [-0.39, 0.29) is 0 Å². The molecule has 19 heavy (non-hydrogen) atoms. The molecule has 1 aromatic rings. The van der Waals surface area contributed by atoms with Crippen LogP contribution in [0.5, 0.6) is 5.75 Å². The monoisotopic (exact) mass is 262 g/mol. The van der Waals surface area contributed by atoms with Gasteiger partial charge in [-0.25, -0.2) is 0 Å². The first-order valence-electron chi connectivity index (χ1n) is 7.31. The van der Waals surface area contributed by atoms with Crippen LogP contribution in [0, 0.1) is 0 Å². The Hall–Kier alpha value is -1.06. The molecule has 0 bridgehead atoms. The minimum atomic E-state index is 0.346. The van der Waals surface area contributed by atoms with Crippen LogP contribution >= 0.6 is 0 Å². The molecule has 1 aliphatic heterocycles. The van der Waals surface area contributed by atoms with Gasteiger partial charge < -0.3 is 10.0 Å². The topological polar surface area (TPSA) is 26.7 Å². The summed E-state index contributed by atoms with van der Waals surface area (Å²) in [5.41, 5.74) is 1.30. The van der Waals surface area contributed by atoms with Crippen molar-refractivity contribution in [3.63, 3.8) is 0 Å². The van der Waals surface area contributed by atoms with E-state index in [1.54, 1.807) is 12.1 Å². The van der Waals surface area contributed by atoms with Crippen molar-refractivity contribution in [2.75, 3.05) is 27.2 Å². The van der Waals surface area contributed by atoms with E-state index >= 15 is 0 Å². The Morgan fingerprint density at radius 1 is 1.37 bits per heavy atom. The van der Waals surface area contributed by atoms with Crippen molar-refractivity contribution in [3.8, 4) is 5.75 Å². The van der Waals surface area contributed by atoms with Gasteiger partial charge in [0.1, 0.15) is 5.75 Å². The number of aromatic hydroxyl groups is 1. The SMILES string of the molecule is CCC(c1ccc(O)cc1)N(C)C1CCCN(C)C1. The highest BCUT2D eigenvalue weighted by atomic mass is 16.3. The summed E-state index contributed by atoms with van der Waals surface area (Å²) < 4.78 is 0. The van der Waals surface area contributed by atoms with Gasteiger partial charge in [-0.3, -0.25) is 4.90 Å². The minimum Gasteiger partial charge on any atom is -0.508 e. The Labute approximate surface area is 116 Å². The third-order valence-corrected chi connectivity index (χ3v) is 4.33. The summed E-state index contributed by atoms with van der Waals surface area (Å²) in [6, 6.07) is 8.76.